The van der Waals surface area contributed by atoms with Gasteiger partial charge in [0.1, 0.15) is 5.52 Å². The molecule has 3 rings (SSSR count). The van der Waals surface area contributed by atoms with Crippen LogP contribution in [0.15, 0.2) is 46.1 Å². The van der Waals surface area contributed by atoms with Gasteiger partial charge in [-0.3, -0.25) is 19.7 Å². The first-order chi connectivity index (χ1) is 9.56. The summed E-state index contributed by atoms with van der Waals surface area (Å²) in [5.74, 6) is 0. The first-order valence-corrected chi connectivity index (χ1v) is 6.38. The van der Waals surface area contributed by atoms with Gasteiger partial charge in [-0.25, -0.2) is 4.68 Å². The van der Waals surface area contributed by atoms with E-state index < -0.39 is 11.1 Å². The molecular weight excluding hydrogens is 301 g/mol. The number of nitrogens with one attached hydrogen (secondary N) is 1. The number of halogens is 2. The summed E-state index contributed by atoms with van der Waals surface area (Å²) in [6, 6.07) is 7.75. The minimum Gasteiger partial charge on any atom is -0.267 e. The smallest absolute Gasteiger partial charge is 0.267 e. The summed E-state index contributed by atoms with van der Waals surface area (Å²) >= 11 is 11.8. The number of hydrogen-bond donors (Lipinski definition) is 1. The van der Waals surface area contributed by atoms with E-state index in [0.717, 1.165) is 4.68 Å². The molecular formula is C13H7Cl2N3O2. The number of aromatic nitrogens is 3. The maximum Gasteiger partial charge on any atom is 0.289 e. The van der Waals surface area contributed by atoms with Gasteiger partial charge in [0.25, 0.3) is 11.1 Å². The first kappa shape index (κ1) is 12.9. The Bertz CT molecular complexity index is 911. The topological polar surface area (TPSA) is 67.8 Å². The van der Waals surface area contributed by atoms with E-state index in [0.29, 0.717) is 15.7 Å². The zero-order valence-corrected chi connectivity index (χ0v) is 11.4. The second kappa shape index (κ2) is 4.77. The van der Waals surface area contributed by atoms with E-state index in [2.05, 4.69) is 10.1 Å². The normalized spacial score (nSPS) is 10.9. The van der Waals surface area contributed by atoms with Gasteiger partial charge in [0.05, 0.1) is 11.1 Å². The molecule has 0 aliphatic heterocycles. The summed E-state index contributed by atoms with van der Waals surface area (Å²) in [6.07, 6.45) is 1.46. The molecule has 7 heteroatoms. The second-order valence-corrected chi connectivity index (χ2v) is 4.98. The van der Waals surface area contributed by atoms with Crippen molar-refractivity contribution in [2.24, 2.45) is 0 Å². The molecule has 1 N–H and O–H groups in total. The third-order valence-corrected chi connectivity index (χ3v) is 3.21. The molecule has 0 bridgehead atoms. The van der Waals surface area contributed by atoms with Crippen LogP contribution in [0.5, 0.6) is 0 Å². The molecule has 20 heavy (non-hydrogen) atoms. The molecule has 0 saturated carbocycles. The van der Waals surface area contributed by atoms with Crippen molar-refractivity contribution < 1.29 is 0 Å². The SMILES string of the molecule is O=c1[nH]n(-c2cc(Cl)cc(Cl)c2)c(=O)c2cccnc12. The number of aromatic amines is 1. The first-order valence-electron chi connectivity index (χ1n) is 5.63. The fourth-order valence-electron chi connectivity index (χ4n) is 1.93. The number of H-pyrrole nitrogens is 1. The minimum atomic E-state index is -0.462. The zero-order valence-electron chi connectivity index (χ0n) is 9.93. The van der Waals surface area contributed by atoms with Crippen molar-refractivity contribution in [1.29, 1.82) is 0 Å². The Hall–Kier alpha value is -2.11. The number of hydrogen-bond acceptors (Lipinski definition) is 3. The molecule has 1 aromatic carbocycles. The molecule has 0 fully saturated rings. The van der Waals surface area contributed by atoms with Gasteiger partial charge in [-0.2, -0.15) is 0 Å². The van der Waals surface area contributed by atoms with Crippen LogP contribution < -0.4 is 11.1 Å². The monoisotopic (exact) mass is 307 g/mol. The summed E-state index contributed by atoms with van der Waals surface area (Å²) in [6.45, 7) is 0. The fourth-order valence-corrected chi connectivity index (χ4v) is 2.45. The van der Waals surface area contributed by atoms with Crippen LogP contribution in [0.1, 0.15) is 0 Å². The van der Waals surface area contributed by atoms with Crippen LogP contribution in [0, 0.1) is 0 Å². The Morgan fingerprint density at radius 3 is 2.50 bits per heavy atom. The van der Waals surface area contributed by atoms with Crippen molar-refractivity contribution in [2.45, 2.75) is 0 Å². The molecule has 0 amide bonds. The number of fused-ring (bicyclic) bond motifs is 1. The Labute approximate surface area is 122 Å². The van der Waals surface area contributed by atoms with E-state index in [1.165, 1.54) is 18.3 Å². The summed E-state index contributed by atoms with van der Waals surface area (Å²) in [7, 11) is 0. The van der Waals surface area contributed by atoms with Crippen LogP contribution >= 0.6 is 23.2 Å². The van der Waals surface area contributed by atoms with Gasteiger partial charge >= 0.3 is 0 Å². The van der Waals surface area contributed by atoms with Gasteiger partial charge in [0.2, 0.25) is 0 Å². The lowest BCUT2D eigenvalue weighted by molar-refractivity contribution is 0.799. The van der Waals surface area contributed by atoms with Gasteiger partial charge in [-0.05, 0) is 30.3 Å². The average Bonchev–Trinajstić information content (AvgIpc) is 2.42. The molecule has 0 aliphatic rings. The van der Waals surface area contributed by atoms with Crippen LogP contribution in [0.3, 0.4) is 0 Å². The molecule has 0 unspecified atom stereocenters. The fraction of sp³-hybridized carbons (Fsp3) is 0. The maximum atomic E-state index is 12.4. The van der Waals surface area contributed by atoms with Crippen LogP contribution in [-0.2, 0) is 0 Å². The van der Waals surface area contributed by atoms with Crippen molar-refractivity contribution in [3.8, 4) is 5.69 Å². The summed E-state index contributed by atoms with van der Waals surface area (Å²) in [5.41, 5.74) is -0.375. The van der Waals surface area contributed by atoms with E-state index in [1.54, 1.807) is 18.2 Å². The third kappa shape index (κ3) is 2.11. The maximum absolute atomic E-state index is 12.4. The van der Waals surface area contributed by atoms with E-state index in [4.69, 9.17) is 23.2 Å². The highest BCUT2D eigenvalue weighted by Crippen LogP contribution is 2.20. The summed E-state index contributed by atoms with van der Waals surface area (Å²) in [5, 5.41) is 3.42. The van der Waals surface area contributed by atoms with E-state index in [1.807, 2.05) is 0 Å². The van der Waals surface area contributed by atoms with E-state index in [-0.39, 0.29) is 10.9 Å². The Kier molecular flexibility index (Phi) is 3.08. The predicted molar refractivity (Wildman–Crippen MR) is 78.0 cm³/mol. The number of benzene rings is 1. The molecule has 0 saturated heterocycles. The molecule has 0 radical (unpaired) electrons. The molecule has 2 heterocycles. The quantitative estimate of drug-likeness (QED) is 0.750. The average molecular weight is 308 g/mol. The van der Waals surface area contributed by atoms with Crippen molar-refractivity contribution in [3.05, 3.63) is 67.3 Å². The van der Waals surface area contributed by atoms with Gasteiger partial charge in [0.15, 0.2) is 0 Å². The molecule has 0 spiro atoms. The largest absolute Gasteiger partial charge is 0.289 e. The lowest BCUT2D eigenvalue weighted by atomic mass is 10.3. The minimum absolute atomic E-state index is 0.0990. The summed E-state index contributed by atoms with van der Waals surface area (Å²) in [4.78, 5) is 28.2. The highest BCUT2D eigenvalue weighted by atomic mass is 35.5. The van der Waals surface area contributed by atoms with Crippen molar-refractivity contribution >= 4 is 34.1 Å². The second-order valence-electron chi connectivity index (χ2n) is 4.11. The lowest BCUT2D eigenvalue weighted by Crippen LogP contribution is -2.29. The molecule has 100 valence electrons. The highest BCUT2D eigenvalue weighted by molar-refractivity contribution is 6.34. The molecule has 3 aromatic rings. The van der Waals surface area contributed by atoms with Crippen LogP contribution in [-0.4, -0.2) is 14.8 Å². The van der Waals surface area contributed by atoms with Crippen molar-refractivity contribution in [2.75, 3.05) is 0 Å². The van der Waals surface area contributed by atoms with Gasteiger partial charge in [0, 0.05) is 16.2 Å². The van der Waals surface area contributed by atoms with Crippen molar-refractivity contribution in [3.63, 3.8) is 0 Å². The Balaban J connectivity index is 2.40. The lowest BCUT2D eigenvalue weighted by Gasteiger charge is -2.07. The van der Waals surface area contributed by atoms with Gasteiger partial charge < -0.3 is 0 Å². The van der Waals surface area contributed by atoms with Gasteiger partial charge in [-0.1, -0.05) is 23.2 Å². The number of nitrogens with zero attached hydrogens (tertiary/aromatic N) is 2. The van der Waals surface area contributed by atoms with Crippen LogP contribution in [0.4, 0.5) is 0 Å². The Morgan fingerprint density at radius 2 is 1.80 bits per heavy atom. The van der Waals surface area contributed by atoms with E-state index in [9.17, 15) is 9.59 Å². The van der Waals surface area contributed by atoms with E-state index >= 15 is 0 Å². The number of rotatable bonds is 1. The standard InChI is InChI=1S/C13H7Cl2N3O2/c14-7-4-8(15)6-9(5-7)18-13(20)10-2-1-3-16-11(10)12(19)17-18/h1-6H,(H,17,19). The molecule has 0 atom stereocenters. The summed E-state index contributed by atoms with van der Waals surface area (Å²) < 4.78 is 1.10. The zero-order chi connectivity index (χ0) is 14.3. The molecule has 5 nitrogen and oxygen atoms in total. The van der Waals surface area contributed by atoms with Crippen molar-refractivity contribution in [1.82, 2.24) is 14.8 Å². The predicted octanol–water partition coefficient (Wildman–Crippen LogP) is 2.38. The third-order valence-electron chi connectivity index (χ3n) is 2.78. The van der Waals surface area contributed by atoms with Crippen LogP contribution in [0.25, 0.3) is 16.6 Å². The van der Waals surface area contributed by atoms with Gasteiger partial charge in [-0.15, -0.1) is 0 Å². The number of pyridine rings is 1. The molecule has 0 aliphatic carbocycles. The molecule has 2 aromatic heterocycles. The highest BCUT2D eigenvalue weighted by Gasteiger charge is 2.10. The Morgan fingerprint density at radius 1 is 1.10 bits per heavy atom. The van der Waals surface area contributed by atoms with Crippen LogP contribution in [0.2, 0.25) is 10.0 Å².